The Bertz CT molecular complexity index is 336. The second-order valence-electron chi connectivity index (χ2n) is 4.22. The maximum absolute atomic E-state index is 6.25. The molecule has 1 fully saturated rings. The van der Waals surface area contributed by atoms with Gasteiger partial charge in [-0.1, -0.05) is 28.4 Å². The highest BCUT2D eigenvalue weighted by molar-refractivity contribution is 9.10. The molecular weight excluding hydrogens is 273 g/mol. The third-order valence-electron chi connectivity index (χ3n) is 3.26. The van der Waals surface area contributed by atoms with Gasteiger partial charge in [-0.2, -0.15) is 0 Å². The SMILES string of the molecule is Cc1ccc(Br)cc1[C@H](N)C1CCC1.Cl. The Morgan fingerprint density at radius 2 is 2.07 bits per heavy atom. The Hall–Kier alpha value is -0.0500. The van der Waals surface area contributed by atoms with Gasteiger partial charge in [-0.3, -0.25) is 0 Å². The number of halogens is 2. The second-order valence-corrected chi connectivity index (χ2v) is 5.13. The molecule has 1 saturated carbocycles. The highest BCUT2D eigenvalue weighted by Crippen LogP contribution is 2.37. The average Bonchev–Trinajstić information content (AvgIpc) is 2.06. The van der Waals surface area contributed by atoms with Crippen molar-refractivity contribution in [3.63, 3.8) is 0 Å². The van der Waals surface area contributed by atoms with Crippen LogP contribution in [0.1, 0.15) is 36.4 Å². The normalized spacial score (nSPS) is 17.8. The molecule has 0 aromatic heterocycles. The van der Waals surface area contributed by atoms with Crippen molar-refractivity contribution < 1.29 is 0 Å². The van der Waals surface area contributed by atoms with E-state index in [2.05, 4.69) is 41.1 Å². The molecule has 0 spiro atoms. The van der Waals surface area contributed by atoms with Crippen LogP contribution in [0.25, 0.3) is 0 Å². The molecule has 0 heterocycles. The van der Waals surface area contributed by atoms with Crippen LogP contribution in [0.2, 0.25) is 0 Å². The molecule has 1 nitrogen and oxygen atoms in total. The first-order chi connectivity index (χ1) is 6.68. The molecule has 0 aliphatic heterocycles. The van der Waals surface area contributed by atoms with Gasteiger partial charge in [0, 0.05) is 10.5 Å². The molecule has 0 amide bonds. The average molecular weight is 291 g/mol. The van der Waals surface area contributed by atoms with Gasteiger partial charge in [0.1, 0.15) is 0 Å². The molecule has 0 unspecified atom stereocenters. The third-order valence-corrected chi connectivity index (χ3v) is 3.75. The smallest absolute Gasteiger partial charge is 0.0326 e. The zero-order chi connectivity index (χ0) is 10.1. The topological polar surface area (TPSA) is 26.0 Å². The van der Waals surface area contributed by atoms with E-state index in [1.165, 1.54) is 30.4 Å². The molecule has 1 aromatic carbocycles. The highest BCUT2D eigenvalue weighted by atomic mass is 79.9. The monoisotopic (exact) mass is 289 g/mol. The van der Waals surface area contributed by atoms with Gasteiger partial charge in [0.2, 0.25) is 0 Å². The van der Waals surface area contributed by atoms with Gasteiger partial charge in [-0.25, -0.2) is 0 Å². The van der Waals surface area contributed by atoms with Crippen LogP contribution >= 0.6 is 28.3 Å². The van der Waals surface area contributed by atoms with Crippen molar-refractivity contribution in [2.75, 3.05) is 0 Å². The molecule has 0 saturated heterocycles. The van der Waals surface area contributed by atoms with E-state index in [1.807, 2.05) is 0 Å². The summed E-state index contributed by atoms with van der Waals surface area (Å²) >= 11 is 3.50. The van der Waals surface area contributed by atoms with Crippen molar-refractivity contribution in [1.82, 2.24) is 0 Å². The maximum atomic E-state index is 6.25. The summed E-state index contributed by atoms with van der Waals surface area (Å²) in [6.45, 7) is 2.14. The summed E-state index contributed by atoms with van der Waals surface area (Å²) < 4.78 is 1.13. The standard InChI is InChI=1S/C12H16BrN.ClH/c1-8-5-6-10(13)7-11(8)12(14)9-3-2-4-9;/h5-7,9,12H,2-4,14H2,1H3;1H/t12-;/m1./s1. The van der Waals surface area contributed by atoms with Gasteiger partial charge in [-0.15, -0.1) is 12.4 Å². The molecule has 1 aliphatic carbocycles. The second kappa shape index (κ2) is 5.33. The first-order valence-corrected chi connectivity index (χ1v) is 5.99. The summed E-state index contributed by atoms with van der Waals surface area (Å²) in [6.07, 6.45) is 3.95. The minimum Gasteiger partial charge on any atom is -0.324 e. The summed E-state index contributed by atoms with van der Waals surface area (Å²) in [7, 11) is 0. The minimum absolute atomic E-state index is 0. The molecule has 2 rings (SSSR count). The summed E-state index contributed by atoms with van der Waals surface area (Å²) in [5.74, 6) is 0.711. The van der Waals surface area contributed by atoms with E-state index in [4.69, 9.17) is 5.73 Å². The third kappa shape index (κ3) is 2.74. The molecule has 1 aliphatic rings. The van der Waals surface area contributed by atoms with Gasteiger partial charge in [0.25, 0.3) is 0 Å². The van der Waals surface area contributed by atoms with Crippen molar-refractivity contribution in [3.05, 3.63) is 33.8 Å². The number of hydrogen-bond acceptors (Lipinski definition) is 1. The predicted octanol–water partition coefficient (Wildman–Crippen LogP) is 3.98. The van der Waals surface area contributed by atoms with Gasteiger partial charge in [0.05, 0.1) is 0 Å². The van der Waals surface area contributed by atoms with Gasteiger partial charge < -0.3 is 5.73 Å². The van der Waals surface area contributed by atoms with Crippen LogP contribution in [0.4, 0.5) is 0 Å². The van der Waals surface area contributed by atoms with E-state index in [9.17, 15) is 0 Å². The van der Waals surface area contributed by atoms with Crippen LogP contribution in [-0.4, -0.2) is 0 Å². The lowest BCUT2D eigenvalue weighted by atomic mass is 9.77. The first kappa shape index (κ1) is 13.0. The highest BCUT2D eigenvalue weighted by Gasteiger charge is 2.26. The van der Waals surface area contributed by atoms with Crippen molar-refractivity contribution in [1.29, 1.82) is 0 Å². The fraction of sp³-hybridized carbons (Fsp3) is 0.500. The molecule has 15 heavy (non-hydrogen) atoms. The zero-order valence-corrected chi connectivity index (χ0v) is 11.3. The van der Waals surface area contributed by atoms with E-state index in [-0.39, 0.29) is 18.4 Å². The molecule has 0 radical (unpaired) electrons. The Morgan fingerprint density at radius 1 is 1.40 bits per heavy atom. The summed E-state index contributed by atoms with van der Waals surface area (Å²) in [4.78, 5) is 0. The van der Waals surface area contributed by atoms with Crippen LogP contribution in [0.5, 0.6) is 0 Å². The number of benzene rings is 1. The Labute approximate surface area is 106 Å². The van der Waals surface area contributed by atoms with E-state index in [0.717, 1.165) is 4.47 Å². The first-order valence-electron chi connectivity index (χ1n) is 5.20. The molecule has 3 heteroatoms. The predicted molar refractivity (Wildman–Crippen MR) is 70.4 cm³/mol. The summed E-state index contributed by atoms with van der Waals surface area (Å²) in [6, 6.07) is 6.61. The fourth-order valence-electron chi connectivity index (χ4n) is 2.02. The molecule has 2 N–H and O–H groups in total. The van der Waals surface area contributed by atoms with Gasteiger partial charge >= 0.3 is 0 Å². The molecule has 1 atom stereocenters. The lowest BCUT2D eigenvalue weighted by Crippen LogP contribution is -2.27. The van der Waals surface area contributed by atoms with Crippen molar-refractivity contribution >= 4 is 28.3 Å². The van der Waals surface area contributed by atoms with Crippen LogP contribution in [-0.2, 0) is 0 Å². The summed E-state index contributed by atoms with van der Waals surface area (Å²) in [5.41, 5.74) is 8.87. The number of aryl methyl sites for hydroxylation is 1. The van der Waals surface area contributed by atoms with Gasteiger partial charge in [-0.05, 0) is 48.9 Å². The molecule has 1 aromatic rings. The Balaban J connectivity index is 0.00000112. The van der Waals surface area contributed by atoms with E-state index < -0.39 is 0 Å². The van der Waals surface area contributed by atoms with Crippen LogP contribution in [0, 0.1) is 12.8 Å². The maximum Gasteiger partial charge on any atom is 0.0326 e. The van der Waals surface area contributed by atoms with Crippen molar-refractivity contribution in [3.8, 4) is 0 Å². The fourth-order valence-corrected chi connectivity index (χ4v) is 2.40. The van der Waals surface area contributed by atoms with Crippen molar-refractivity contribution in [2.24, 2.45) is 11.7 Å². The summed E-state index contributed by atoms with van der Waals surface area (Å²) in [5, 5.41) is 0. The quantitative estimate of drug-likeness (QED) is 0.876. The number of nitrogens with two attached hydrogens (primary N) is 1. The van der Waals surface area contributed by atoms with Crippen LogP contribution < -0.4 is 5.73 Å². The van der Waals surface area contributed by atoms with E-state index in [0.29, 0.717) is 5.92 Å². The lowest BCUT2D eigenvalue weighted by Gasteiger charge is -2.32. The van der Waals surface area contributed by atoms with E-state index >= 15 is 0 Å². The lowest BCUT2D eigenvalue weighted by molar-refractivity contribution is 0.264. The van der Waals surface area contributed by atoms with Crippen LogP contribution in [0.15, 0.2) is 22.7 Å². The molecular formula is C12H17BrClN. The Kier molecular flexibility index (Phi) is 4.63. The largest absolute Gasteiger partial charge is 0.324 e. The van der Waals surface area contributed by atoms with Crippen LogP contribution in [0.3, 0.4) is 0 Å². The molecule has 0 bridgehead atoms. The zero-order valence-electron chi connectivity index (χ0n) is 8.87. The van der Waals surface area contributed by atoms with Gasteiger partial charge in [0.15, 0.2) is 0 Å². The molecule has 84 valence electrons. The number of hydrogen-bond donors (Lipinski definition) is 1. The minimum atomic E-state index is 0. The van der Waals surface area contributed by atoms with Crippen molar-refractivity contribution in [2.45, 2.75) is 32.2 Å². The number of rotatable bonds is 2. The Morgan fingerprint density at radius 3 is 2.60 bits per heavy atom. The van der Waals surface area contributed by atoms with E-state index in [1.54, 1.807) is 0 Å².